The van der Waals surface area contributed by atoms with Crippen LogP contribution in [0.1, 0.15) is 24.8 Å². The average molecular weight is 563 g/mol. The van der Waals surface area contributed by atoms with Crippen molar-refractivity contribution in [3.8, 4) is 22.9 Å². The van der Waals surface area contributed by atoms with E-state index >= 15 is 0 Å². The van der Waals surface area contributed by atoms with Crippen LogP contribution in [0.15, 0.2) is 60.9 Å². The van der Waals surface area contributed by atoms with Crippen molar-refractivity contribution in [3.05, 3.63) is 66.5 Å². The van der Waals surface area contributed by atoms with Gasteiger partial charge in [-0.15, -0.1) is 0 Å². The van der Waals surface area contributed by atoms with Gasteiger partial charge in [-0.2, -0.15) is 0 Å². The van der Waals surface area contributed by atoms with E-state index in [0.29, 0.717) is 42.0 Å². The van der Waals surface area contributed by atoms with Gasteiger partial charge in [-0.1, -0.05) is 24.3 Å². The number of nitrogens with one attached hydrogen (secondary N) is 3. The number of methoxy groups -OCH3 is 1. The number of ether oxygens (including phenoxy) is 2. The first-order chi connectivity index (χ1) is 19.4. The molecule has 4 aromatic rings. The highest BCUT2D eigenvalue weighted by Crippen LogP contribution is 2.38. The Bertz CT molecular complexity index is 1570. The number of anilines is 2. The van der Waals surface area contributed by atoms with Crippen molar-refractivity contribution < 1.29 is 17.9 Å². The summed E-state index contributed by atoms with van der Waals surface area (Å²) in [5.41, 5.74) is 2.79. The fourth-order valence-corrected chi connectivity index (χ4v) is 5.89. The number of pyridine rings is 1. The Morgan fingerprint density at radius 1 is 1.05 bits per heavy atom. The molecule has 0 amide bonds. The van der Waals surface area contributed by atoms with E-state index < -0.39 is 10.0 Å². The molecule has 3 N–H and O–H groups in total. The lowest BCUT2D eigenvalue weighted by atomic mass is 10.0. The van der Waals surface area contributed by atoms with Gasteiger partial charge >= 0.3 is 0 Å². The molecular formula is C29H34N6O4S. The van der Waals surface area contributed by atoms with Gasteiger partial charge in [-0.05, 0) is 62.6 Å². The lowest BCUT2D eigenvalue weighted by Crippen LogP contribution is -2.38. The predicted octanol–water partition coefficient (Wildman–Crippen LogP) is 4.73. The van der Waals surface area contributed by atoms with Crippen molar-refractivity contribution in [3.63, 3.8) is 0 Å². The van der Waals surface area contributed by atoms with Gasteiger partial charge in [0.2, 0.25) is 21.9 Å². The first-order valence-corrected chi connectivity index (χ1v) is 15.0. The number of aryl methyl sites for hydroxylation is 1. The van der Waals surface area contributed by atoms with E-state index in [-0.39, 0.29) is 11.8 Å². The highest BCUT2D eigenvalue weighted by Gasteiger charge is 2.18. The Labute approximate surface area is 234 Å². The zero-order valence-corrected chi connectivity index (χ0v) is 23.5. The largest absolute Gasteiger partial charge is 0.437 e. The van der Waals surface area contributed by atoms with Crippen LogP contribution in [-0.4, -0.2) is 62.0 Å². The quantitative estimate of drug-likeness (QED) is 0.222. The monoisotopic (exact) mass is 562 g/mol. The Balaban J connectivity index is 1.45. The molecule has 1 atom stereocenters. The second-order valence-electron chi connectivity index (χ2n) is 9.79. The fraction of sp³-hybridized carbons (Fsp3) is 0.345. The molecule has 5 rings (SSSR count). The standard InChI is InChI=1S/C29H34N6O4S/c1-20-11-12-22-23(8-3-10-26(22)35-40(36,37)18-6-17-38-2)27(20)39-28-24(9-5-15-31-28)25-13-16-32-29(34-25)33-21-7-4-14-30-19-21/h3,5,8-13,15-16,21,30,35H,4,6-7,14,17-19H2,1-2H3,(H,32,33,34)/t21-/m0/s1. The number of benzene rings is 2. The van der Waals surface area contributed by atoms with E-state index in [1.807, 2.05) is 49.4 Å². The number of hydrogen-bond donors (Lipinski definition) is 3. The lowest BCUT2D eigenvalue weighted by molar-refractivity contribution is 0.199. The molecule has 1 aliphatic heterocycles. The molecule has 2 aromatic carbocycles. The normalized spacial score (nSPS) is 15.6. The van der Waals surface area contributed by atoms with E-state index in [1.54, 1.807) is 25.6 Å². The van der Waals surface area contributed by atoms with E-state index in [9.17, 15) is 8.42 Å². The number of rotatable bonds is 11. The second kappa shape index (κ2) is 12.6. The summed E-state index contributed by atoms with van der Waals surface area (Å²) in [6.07, 6.45) is 5.98. The third kappa shape index (κ3) is 6.67. The molecule has 11 heteroatoms. The summed E-state index contributed by atoms with van der Waals surface area (Å²) in [6.45, 7) is 4.23. The van der Waals surface area contributed by atoms with E-state index in [1.165, 1.54) is 0 Å². The summed E-state index contributed by atoms with van der Waals surface area (Å²) in [5, 5.41) is 8.31. The first kappa shape index (κ1) is 27.8. The van der Waals surface area contributed by atoms with Crippen LogP contribution in [0.25, 0.3) is 22.0 Å². The van der Waals surface area contributed by atoms with Crippen LogP contribution >= 0.6 is 0 Å². The SMILES string of the molecule is COCCCS(=O)(=O)Nc1cccc2c(Oc3ncccc3-c3ccnc(N[C@H]4CCCNC4)n3)c(C)ccc12. The maximum absolute atomic E-state index is 12.7. The highest BCUT2D eigenvalue weighted by molar-refractivity contribution is 7.92. The molecule has 1 saturated heterocycles. The van der Waals surface area contributed by atoms with Gasteiger partial charge in [0, 0.05) is 49.5 Å². The zero-order valence-electron chi connectivity index (χ0n) is 22.7. The van der Waals surface area contributed by atoms with Crippen molar-refractivity contribution >= 4 is 32.4 Å². The summed E-state index contributed by atoms with van der Waals surface area (Å²) >= 11 is 0. The summed E-state index contributed by atoms with van der Waals surface area (Å²) in [4.78, 5) is 13.7. The zero-order chi connectivity index (χ0) is 28.0. The van der Waals surface area contributed by atoms with E-state index in [2.05, 4.69) is 25.3 Å². The number of fused-ring (bicyclic) bond motifs is 1. The van der Waals surface area contributed by atoms with Gasteiger partial charge in [0.15, 0.2) is 0 Å². The number of hydrogen-bond acceptors (Lipinski definition) is 9. The van der Waals surface area contributed by atoms with Gasteiger partial charge in [-0.25, -0.2) is 23.4 Å². The van der Waals surface area contributed by atoms with Crippen molar-refractivity contribution in [1.82, 2.24) is 20.3 Å². The van der Waals surface area contributed by atoms with E-state index in [0.717, 1.165) is 47.8 Å². The average Bonchev–Trinajstić information content (AvgIpc) is 2.95. The van der Waals surface area contributed by atoms with Crippen molar-refractivity contribution in [2.24, 2.45) is 0 Å². The third-order valence-corrected chi connectivity index (χ3v) is 8.12. The summed E-state index contributed by atoms with van der Waals surface area (Å²) < 4.78 is 39.6. The van der Waals surface area contributed by atoms with Crippen LogP contribution < -0.4 is 20.1 Å². The Morgan fingerprint density at radius 2 is 1.95 bits per heavy atom. The minimum atomic E-state index is -3.55. The summed E-state index contributed by atoms with van der Waals surface area (Å²) in [6, 6.07) is 15.1. The Morgan fingerprint density at radius 3 is 2.77 bits per heavy atom. The maximum Gasteiger partial charge on any atom is 0.232 e. The van der Waals surface area contributed by atoms with Crippen molar-refractivity contribution in [1.29, 1.82) is 0 Å². The Hall–Kier alpha value is -3.80. The molecule has 40 heavy (non-hydrogen) atoms. The van der Waals surface area contributed by atoms with Gasteiger partial charge in [0.25, 0.3) is 0 Å². The lowest BCUT2D eigenvalue weighted by Gasteiger charge is -2.23. The number of nitrogens with zero attached hydrogens (tertiary/aromatic N) is 3. The van der Waals surface area contributed by atoms with Gasteiger partial charge in [0.1, 0.15) is 5.75 Å². The van der Waals surface area contributed by atoms with Crippen LogP contribution in [0.4, 0.5) is 11.6 Å². The number of piperidine rings is 1. The van der Waals surface area contributed by atoms with Gasteiger partial charge in [0.05, 0.1) is 22.7 Å². The van der Waals surface area contributed by atoms with E-state index in [4.69, 9.17) is 14.5 Å². The fourth-order valence-electron chi connectivity index (χ4n) is 4.78. The molecule has 0 unspecified atom stereocenters. The Kier molecular flexibility index (Phi) is 8.73. The predicted molar refractivity (Wildman–Crippen MR) is 157 cm³/mol. The van der Waals surface area contributed by atoms with Crippen LogP contribution in [0.2, 0.25) is 0 Å². The van der Waals surface area contributed by atoms with Crippen LogP contribution in [0, 0.1) is 6.92 Å². The molecule has 0 spiro atoms. The molecule has 210 valence electrons. The third-order valence-electron chi connectivity index (χ3n) is 6.77. The second-order valence-corrected chi connectivity index (χ2v) is 11.6. The minimum absolute atomic E-state index is 0.0310. The topological polar surface area (TPSA) is 127 Å². The summed E-state index contributed by atoms with van der Waals surface area (Å²) in [7, 11) is -1.99. The highest BCUT2D eigenvalue weighted by atomic mass is 32.2. The molecule has 2 aromatic heterocycles. The van der Waals surface area contributed by atoms with Crippen molar-refractivity contribution in [2.75, 3.05) is 42.6 Å². The molecule has 3 heterocycles. The molecule has 0 saturated carbocycles. The molecule has 10 nitrogen and oxygen atoms in total. The molecule has 0 aliphatic carbocycles. The van der Waals surface area contributed by atoms with Crippen LogP contribution in [0.5, 0.6) is 11.6 Å². The van der Waals surface area contributed by atoms with Gasteiger partial charge < -0.3 is 20.1 Å². The van der Waals surface area contributed by atoms with Crippen molar-refractivity contribution in [2.45, 2.75) is 32.2 Å². The first-order valence-electron chi connectivity index (χ1n) is 13.4. The molecule has 1 fully saturated rings. The van der Waals surface area contributed by atoms with Gasteiger partial charge in [-0.3, -0.25) is 4.72 Å². The maximum atomic E-state index is 12.7. The molecule has 0 radical (unpaired) electrons. The number of sulfonamides is 1. The summed E-state index contributed by atoms with van der Waals surface area (Å²) in [5.74, 6) is 1.52. The molecule has 0 bridgehead atoms. The smallest absolute Gasteiger partial charge is 0.232 e. The number of aromatic nitrogens is 3. The van der Waals surface area contributed by atoms with Crippen LogP contribution in [-0.2, 0) is 14.8 Å². The van der Waals surface area contributed by atoms with Crippen LogP contribution in [0.3, 0.4) is 0 Å². The molecular weight excluding hydrogens is 528 g/mol. The molecule has 1 aliphatic rings. The minimum Gasteiger partial charge on any atom is -0.437 e.